The van der Waals surface area contributed by atoms with Crippen molar-refractivity contribution in [3.05, 3.63) is 59.2 Å². The summed E-state index contributed by atoms with van der Waals surface area (Å²) in [6.07, 6.45) is 3.88. The predicted molar refractivity (Wildman–Crippen MR) is 122 cm³/mol. The van der Waals surface area contributed by atoms with Crippen LogP contribution in [-0.4, -0.2) is 62.2 Å². The van der Waals surface area contributed by atoms with Crippen LogP contribution in [0, 0.1) is 0 Å². The Morgan fingerprint density at radius 2 is 2.10 bits per heavy atom. The summed E-state index contributed by atoms with van der Waals surface area (Å²) in [5.41, 5.74) is 1.35. The Morgan fingerprint density at radius 3 is 2.86 bits per heavy atom. The smallest absolute Gasteiger partial charge is 0.191 e. The lowest BCUT2D eigenvalue weighted by molar-refractivity contribution is 0.322. The van der Waals surface area contributed by atoms with E-state index in [9.17, 15) is 0 Å². The van der Waals surface area contributed by atoms with Crippen LogP contribution in [-0.2, 0) is 6.54 Å². The van der Waals surface area contributed by atoms with E-state index in [-0.39, 0.29) is 0 Å². The highest BCUT2D eigenvalue weighted by Gasteiger charge is 2.25. The largest absolute Gasteiger partial charge is 0.356 e. The first-order chi connectivity index (χ1) is 14.2. The third kappa shape index (κ3) is 6.61. The maximum Gasteiger partial charge on any atom is 0.191 e. The van der Waals surface area contributed by atoms with Crippen molar-refractivity contribution in [2.24, 2.45) is 4.99 Å². The third-order valence-electron chi connectivity index (χ3n) is 5.10. The molecule has 3 rings (SSSR count). The molecule has 6 nitrogen and oxygen atoms in total. The zero-order chi connectivity index (χ0) is 20.5. The lowest BCUT2D eigenvalue weighted by Gasteiger charge is -2.21. The molecule has 2 aromatic rings. The summed E-state index contributed by atoms with van der Waals surface area (Å²) in [5.74, 6) is 1.72. The summed E-state index contributed by atoms with van der Waals surface area (Å²) in [6, 6.07) is 14.7. The summed E-state index contributed by atoms with van der Waals surface area (Å²) < 4.78 is 0. The number of hydrogen-bond donors (Lipinski definition) is 2. The molecule has 1 aromatic heterocycles. The predicted octanol–water partition coefficient (Wildman–Crippen LogP) is 3.00. The fourth-order valence-electron chi connectivity index (χ4n) is 3.60. The number of pyridine rings is 1. The van der Waals surface area contributed by atoms with Gasteiger partial charge in [0, 0.05) is 45.5 Å². The second kappa shape index (κ2) is 11.0. The van der Waals surface area contributed by atoms with Gasteiger partial charge in [0.2, 0.25) is 0 Å². The molecule has 1 aliphatic heterocycles. The van der Waals surface area contributed by atoms with Crippen molar-refractivity contribution >= 4 is 23.4 Å². The fraction of sp³-hybridized carbons (Fsp3) is 0.455. The minimum atomic E-state index is 0.333. The molecule has 156 valence electrons. The number of aromatic nitrogens is 1. The molecule has 1 aliphatic rings. The van der Waals surface area contributed by atoms with Gasteiger partial charge in [-0.25, -0.2) is 4.98 Å². The first kappa shape index (κ1) is 21.4. The molecule has 0 spiro atoms. The van der Waals surface area contributed by atoms with E-state index in [1.54, 1.807) is 6.20 Å². The zero-order valence-electron chi connectivity index (χ0n) is 17.3. The molecule has 1 saturated heterocycles. The molecule has 0 bridgehead atoms. The highest BCUT2D eigenvalue weighted by molar-refractivity contribution is 6.32. The number of halogens is 1. The van der Waals surface area contributed by atoms with Gasteiger partial charge in [0.15, 0.2) is 5.96 Å². The van der Waals surface area contributed by atoms with Crippen LogP contribution >= 0.6 is 11.6 Å². The molecule has 1 aromatic carbocycles. The SMILES string of the molecule is CN=C(NCCCN(C)Cc1ccccc1)NC1CCN(c2ncccc2Cl)C1. The highest BCUT2D eigenvalue weighted by Crippen LogP contribution is 2.25. The van der Waals surface area contributed by atoms with Crippen LogP contribution in [0.4, 0.5) is 5.82 Å². The van der Waals surface area contributed by atoms with Crippen molar-refractivity contribution in [3.63, 3.8) is 0 Å². The summed E-state index contributed by atoms with van der Waals surface area (Å²) in [7, 11) is 3.98. The first-order valence-corrected chi connectivity index (χ1v) is 10.6. The maximum atomic E-state index is 6.28. The van der Waals surface area contributed by atoms with Crippen LogP contribution in [0.1, 0.15) is 18.4 Å². The molecule has 29 heavy (non-hydrogen) atoms. The summed E-state index contributed by atoms with van der Waals surface area (Å²) in [5, 5.41) is 7.66. The van der Waals surface area contributed by atoms with Crippen LogP contribution in [0.5, 0.6) is 0 Å². The summed E-state index contributed by atoms with van der Waals surface area (Å²) in [6.45, 7) is 4.71. The molecule has 2 N–H and O–H groups in total. The van der Waals surface area contributed by atoms with Gasteiger partial charge < -0.3 is 20.4 Å². The highest BCUT2D eigenvalue weighted by atomic mass is 35.5. The van der Waals surface area contributed by atoms with Crippen molar-refractivity contribution in [2.45, 2.75) is 25.4 Å². The lowest BCUT2D eigenvalue weighted by Crippen LogP contribution is -2.45. The number of hydrogen-bond acceptors (Lipinski definition) is 4. The lowest BCUT2D eigenvalue weighted by atomic mass is 10.2. The molecule has 1 unspecified atom stereocenters. The molecule has 1 fully saturated rings. The molecule has 0 aliphatic carbocycles. The number of benzene rings is 1. The number of anilines is 1. The first-order valence-electron chi connectivity index (χ1n) is 10.2. The molecule has 2 heterocycles. The van der Waals surface area contributed by atoms with Gasteiger partial charge in [0.1, 0.15) is 5.82 Å². The van der Waals surface area contributed by atoms with E-state index in [1.165, 1.54) is 5.56 Å². The van der Waals surface area contributed by atoms with Crippen LogP contribution in [0.25, 0.3) is 0 Å². The third-order valence-corrected chi connectivity index (χ3v) is 5.39. The van der Waals surface area contributed by atoms with Crippen molar-refractivity contribution in [2.75, 3.05) is 45.2 Å². The van der Waals surface area contributed by atoms with E-state index in [0.29, 0.717) is 11.1 Å². The van der Waals surface area contributed by atoms with Crippen LogP contribution in [0.3, 0.4) is 0 Å². The molecular weight excluding hydrogens is 384 g/mol. The Hall–Kier alpha value is -2.31. The fourth-order valence-corrected chi connectivity index (χ4v) is 3.84. The average Bonchev–Trinajstić information content (AvgIpc) is 3.19. The van der Waals surface area contributed by atoms with Gasteiger partial charge in [-0.3, -0.25) is 4.99 Å². The quantitative estimate of drug-likeness (QED) is 0.395. The van der Waals surface area contributed by atoms with Crippen molar-refractivity contribution < 1.29 is 0 Å². The molecule has 7 heteroatoms. The van der Waals surface area contributed by atoms with Gasteiger partial charge in [-0.2, -0.15) is 0 Å². The monoisotopic (exact) mass is 414 g/mol. The maximum absolute atomic E-state index is 6.28. The summed E-state index contributed by atoms with van der Waals surface area (Å²) in [4.78, 5) is 13.4. The van der Waals surface area contributed by atoms with Crippen LogP contribution in [0.2, 0.25) is 5.02 Å². The zero-order valence-corrected chi connectivity index (χ0v) is 18.1. The minimum absolute atomic E-state index is 0.333. The van der Waals surface area contributed by atoms with Gasteiger partial charge in [0.25, 0.3) is 0 Å². The minimum Gasteiger partial charge on any atom is -0.356 e. The van der Waals surface area contributed by atoms with Gasteiger partial charge in [-0.15, -0.1) is 0 Å². The van der Waals surface area contributed by atoms with E-state index in [1.807, 2.05) is 19.2 Å². The van der Waals surface area contributed by atoms with Crippen molar-refractivity contribution in [3.8, 4) is 0 Å². The standard InChI is InChI=1S/C22H31ClN6/c1-24-22(26-13-7-14-28(2)16-18-8-4-3-5-9-18)27-19-11-15-29(17-19)21-20(23)10-6-12-25-21/h3-6,8-10,12,19H,7,11,13-17H2,1-2H3,(H2,24,26,27). The van der Waals surface area contributed by atoms with Crippen LogP contribution in [0.15, 0.2) is 53.7 Å². The van der Waals surface area contributed by atoms with Crippen molar-refractivity contribution in [1.82, 2.24) is 20.5 Å². The van der Waals surface area contributed by atoms with Crippen LogP contribution < -0.4 is 15.5 Å². The second-order valence-electron chi connectivity index (χ2n) is 7.46. The molecule has 0 saturated carbocycles. The Labute approximate surface area is 179 Å². The summed E-state index contributed by atoms with van der Waals surface area (Å²) >= 11 is 6.28. The Balaban J connectivity index is 1.36. The number of rotatable bonds is 8. The van der Waals surface area contributed by atoms with E-state index in [0.717, 1.165) is 57.3 Å². The van der Waals surface area contributed by atoms with Crippen molar-refractivity contribution in [1.29, 1.82) is 0 Å². The Bertz CT molecular complexity index is 782. The topological polar surface area (TPSA) is 55.8 Å². The van der Waals surface area contributed by atoms with Gasteiger partial charge >= 0.3 is 0 Å². The average molecular weight is 415 g/mol. The second-order valence-corrected chi connectivity index (χ2v) is 7.87. The van der Waals surface area contributed by atoms with Gasteiger partial charge in [0.05, 0.1) is 5.02 Å². The van der Waals surface area contributed by atoms with Gasteiger partial charge in [-0.05, 0) is 44.1 Å². The normalized spacial score (nSPS) is 17.0. The molecule has 0 amide bonds. The number of nitrogens with one attached hydrogen (secondary N) is 2. The van der Waals surface area contributed by atoms with E-state index in [2.05, 4.69) is 67.8 Å². The number of guanidine groups is 1. The molecular formula is C22H31ClN6. The van der Waals surface area contributed by atoms with E-state index >= 15 is 0 Å². The Morgan fingerprint density at radius 1 is 1.28 bits per heavy atom. The van der Waals surface area contributed by atoms with E-state index < -0.39 is 0 Å². The number of nitrogens with zero attached hydrogens (tertiary/aromatic N) is 4. The Kier molecular flexibility index (Phi) is 8.14. The molecule has 0 radical (unpaired) electrons. The van der Waals surface area contributed by atoms with E-state index in [4.69, 9.17) is 11.6 Å². The molecule has 1 atom stereocenters. The number of aliphatic imine (C=N–C) groups is 1. The van der Waals surface area contributed by atoms with Gasteiger partial charge in [-0.1, -0.05) is 41.9 Å².